The highest BCUT2D eigenvalue weighted by molar-refractivity contribution is 9.10. The minimum atomic E-state index is -0.429. The topological polar surface area (TPSA) is 32.3 Å². The van der Waals surface area contributed by atoms with Gasteiger partial charge in [0.15, 0.2) is 0 Å². The van der Waals surface area contributed by atoms with Crippen LogP contribution in [0.1, 0.15) is 0 Å². The second-order valence-corrected chi connectivity index (χ2v) is 3.30. The summed E-state index contributed by atoms with van der Waals surface area (Å²) in [4.78, 5) is 0. The molecule has 1 unspecified atom stereocenters. The van der Waals surface area contributed by atoms with E-state index >= 15 is 0 Å². The van der Waals surface area contributed by atoms with Crippen LogP contribution in [-0.4, -0.2) is 16.2 Å². The third kappa shape index (κ3) is 1.56. The third-order valence-corrected chi connectivity index (χ3v) is 1.87. The van der Waals surface area contributed by atoms with E-state index in [9.17, 15) is 0 Å². The van der Waals surface area contributed by atoms with Gasteiger partial charge in [0.05, 0.1) is 6.61 Å². The Morgan fingerprint density at radius 1 is 1.56 bits per heavy atom. The molecule has 2 N–H and O–H groups in total. The lowest BCUT2D eigenvalue weighted by atomic mass is 10.2. The Balaban J connectivity index is 2.63. The van der Waals surface area contributed by atoms with Crippen molar-refractivity contribution < 1.29 is 5.11 Å². The number of allylic oxidation sites excluding steroid dienone is 2. The van der Waals surface area contributed by atoms with Crippen LogP contribution in [0.2, 0.25) is 0 Å². The van der Waals surface area contributed by atoms with Crippen LogP contribution >= 0.6 is 15.9 Å². The monoisotopic (exact) mass is 189 g/mol. The molecule has 1 atom stereocenters. The van der Waals surface area contributed by atoms with Gasteiger partial charge in [0.2, 0.25) is 0 Å². The predicted molar refractivity (Wildman–Crippen MR) is 40.2 cm³/mol. The fourth-order valence-corrected chi connectivity index (χ4v) is 0.882. The molecule has 1 heterocycles. The first-order valence-electron chi connectivity index (χ1n) is 2.69. The molecule has 0 saturated carbocycles. The Morgan fingerprint density at radius 2 is 2.33 bits per heavy atom. The van der Waals surface area contributed by atoms with E-state index in [1.54, 1.807) is 6.20 Å². The van der Waals surface area contributed by atoms with E-state index in [1.165, 1.54) is 0 Å². The zero-order valence-electron chi connectivity index (χ0n) is 4.84. The molecule has 0 fully saturated rings. The number of aliphatic hydroxyl groups excluding tert-OH is 1. The normalized spacial score (nSPS) is 32.2. The molecule has 3 heteroatoms. The summed E-state index contributed by atoms with van der Waals surface area (Å²) in [6.07, 6.45) is 7.38. The highest BCUT2D eigenvalue weighted by Gasteiger charge is 2.20. The summed E-state index contributed by atoms with van der Waals surface area (Å²) in [7, 11) is 0. The van der Waals surface area contributed by atoms with Crippen LogP contribution in [-0.2, 0) is 0 Å². The average Bonchev–Trinajstić information content (AvgIpc) is 1.90. The fourth-order valence-electron chi connectivity index (χ4n) is 0.597. The van der Waals surface area contributed by atoms with Crippen LogP contribution in [0.25, 0.3) is 0 Å². The van der Waals surface area contributed by atoms with Crippen molar-refractivity contribution in [3.05, 3.63) is 24.4 Å². The molecule has 0 aliphatic carbocycles. The van der Waals surface area contributed by atoms with Gasteiger partial charge in [-0.1, -0.05) is 22.0 Å². The van der Waals surface area contributed by atoms with Gasteiger partial charge in [0.25, 0.3) is 0 Å². The molecule has 0 saturated heterocycles. The molecular formula is C6H8BrNO. The second kappa shape index (κ2) is 2.54. The Labute approximate surface area is 62.4 Å². The van der Waals surface area contributed by atoms with Crippen molar-refractivity contribution in [2.45, 2.75) is 4.45 Å². The van der Waals surface area contributed by atoms with Gasteiger partial charge in [-0.05, 0) is 18.4 Å². The minimum Gasteiger partial charge on any atom is -0.393 e. The maximum absolute atomic E-state index is 8.76. The molecule has 2 nitrogen and oxygen atoms in total. The fraction of sp³-hybridized carbons (Fsp3) is 0.333. The Bertz CT molecular complexity index is 155. The van der Waals surface area contributed by atoms with E-state index in [0.29, 0.717) is 0 Å². The smallest absolute Gasteiger partial charge is 0.135 e. The van der Waals surface area contributed by atoms with Crippen molar-refractivity contribution in [1.29, 1.82) is 0 Å². The second-order valence-electron chi connectivity index (χ2n) is 1.88. The maximum Gasteiger partial charge on any atom is 0.135 e. The molecule has 1 aliphatic rings. The van der Waals surface area contributed by atoms with E-state index in [-0.39, 0.29) is 6.61 Å². The summed E-state index contributed by atoms with van der Waals surface area (Å²) < 4.78 is -0.429. The van der Waals surface area contributed by atoms with Gasteiger partial charge in [-0.25, -0.2) is 0 Å². The minimum absolute atomic E-state index is 0.0494. The molecular weight excluding hydrogens is 182 g/mol. The summed E-state index contributed by atoms with van der Waals surface area (Å²) in [5.74, 6) is 0. The Kier molecular flexibility index (Phi) is 1.93. The number of hydrogen-bond donors (Lipinski definition) is 2. The van der Waals surface area contributed by atoms with Crippen LogP contribution in [0.4, 0.5) is 0 Å². The van der Waals surface area contributed by atoms with Crippen LogP contribution in [0.3, 0.4) is 0 Å². The average molecular weight is 190 g/mol. The van der Waals surface area contributed by atoms with Gasteiger partial charge in [-0.15, -0.1) is 0 Å². The van der Waals surface area contributed by atoms with Crippen LogP contribution in [0, 0.1) is 0 Å². The van der Waals surface area contributed by atoms with E-state index in [4.69, 9.17) is 5.11 Å². The third-order valence-electron chi connectivity index (χ3n) is 1.12. The van der Waals surface area contributed by atoms with E-state index in [1.807, 2.05) is 18.2 Å². The molecule has 0 spiro atoms. The quantitative estimate of drug-likeness (QED) is 0.472. The van der Waals surface area contributed by atoms with Crippen molar-refractivity contribution in [2.24, 2.45) is 0 Å². The number of rotatable bonds is 1. The van der Waals surface area contributed by atoms with Gasteiger partial charge < -0.3 is 10.4 Å². The Morgan fingerprint density at radius 3 is 2.67 bits per heavy atom. The summed E-state index contributed by atoms with van der Waals surface area (Å²) in [6, 6.07) is 0. The van der Waals surface area contributed by atoms with E-state index in [0.717, 1.165) is 0 Å². The van der Waals surface area contributed by atoms with Crippen molar-refractivity contribution in [3.8, 4) is 0 Å². The number of aliphatic hydroxyl groups is 1. The van der Waals surface area contributed by atoms with E-state index < -0.39 is 4.45 Å². The van der Waals surface area contributed by atoms with Crippen molar-refractivity contribution in [2.75, 3.05) is 6.61 Å². The number of halogens is 1. The summed E-state index contributed by atoms with van der Waals surface area (Å²) in [5, 5.41) is 11.7. The van der Waals surface area contributed by atoms with Crippen LogP contribution in [0.15, 0.2) is 24.4 Å². The summed E-state index contributed by atoms with van der Waals surface area (Å²) in [5.41, 5.74) is 0. The SMILES string of the molecule is OCC1(Br)C=CC=CN1. The number of alkyl halides is 1. The molecule has 0 bridgehead atoms. The lowest BCUT2D eigenvalue weighted by Gasteiger charge is -2.23. The van der Waals surface area contributed by atoms with Crippen LogP contribution < -0.4 is 5.32 Å². The molecule has 0 radical (unpaired) electrons. The largest absolute Gasteiger partial charge is 0.393 e. The molecule has 0 aromatic carbocycles. The molecule has 1 rings (SSSR count). The standard InChI is InChI=1S/C6H8BrNO/c7-6(5-9)3-1-2-4-8-6/h1-4,8-9H,5H2. The zero-order valence-corrected chi connectivity index (χ0v) is 6.43. The van der Waals surface area contributed by atoms with Gasteiger partial charge in [0.1, 0.15) is 4.45 Å². The molecule has 0 amide bonds. The molecule has 9 heavy (non-hydrogen) atoms. The van der Waals surface area contributed by atoms with Crippen molar-refractivity contribution >= 4 is 15.9 Å². The first-order valence-corrected chi connectivity index (χ1v) is 3.48. The first-order chi connectivity index (χ1) is 4.27. The molecule has 0 aromatic rings. The maximum atomic E-state index is 8.76. The highest BCUT2D eigenvalue weighted by atomic mass is 79.9. The number of hydrogen-bond acceptors (Lipinski definition) is 2. The van der Waals surface area contributed by atoms with Gasteiger partial charge in [-0.3, -0.25) is 0 Å². The molecule has 1 aliphatic heterocycles. The summed E-state index contributed by atoms with van der Waals surface area (Å²) >= 11 is 3.30. The van der Waals surface area contributed by atoms with Gasteiger partial charge >= 0.3 is 0 Å². The highest BCUT2D eigenvalue weighted by Crippen LogP contribution is 2.17. The number of dihydropyridines is 1. The first kappa shape index (κ1) is 6.83. The molecule has 50 valence electrons. The zero-order chi connectivity index (χ0) is 6.74. The lowest BCUT2D eigenvalue weighted by molar-refractivity contribution is 0.261. The molecule has 0 aromatic heterocycles. The van der Waals surface area contributed by atoms with Crippen molar-refractivity contribution in [3.63, 3.8) is 0 Å². The van der Waals surface area contributed by atoms with Crippen molar-refractivity contribution in [1.82, 2.24) is 5.32 Å². The lowest BCUT2D eigenvalue weighted by Crippen LogP contribution is -2.38. The van der Waals surface area contributed by atoms with E-state index in [2.05, 4.69) is 21.2 Å². The predicted octanol–water partition coefficient (Wildman–Crippen LogP) is 0.743. The summed E-state index contributed by atoms with van der Waals surface area (Å²) in [6.45, 7) is 0.0494. The van der Waals surface area contributed by atoms with Crippen LogP contribution in [0.5, 0.6) is 0 Å². The Hall–Kier alpha value is -0.280. The van der Waals surface area contributed by atoms with Gasteiger partial charge in [-0.2, -0.15) is 0 Å². The number of nitrogens with one attached hydrogen (secondary N) is 1. The van der Waals surface area contributed by atoms with Gasteiger partial charge in [0, 0.05) is 0 Å².